The molecule has 330 valence electrons. The molecule has 0 bridgehead atoms. The van der Waals surface area contributed by atoms with E-state index in [1.807, 2.05) is 36.4 Å². The van der Waals surface area contributed by atoms with Gasteiger partial charge in [-0.05, 0) is 89.5 Å². The van der Waals surface area contributed by atoms with Gasteiger partial charge in [0.25, 0.3) is 0 Å². The number of benzene rings is 9. The molecule has 9 rings (SSSR count). The zero-order chi connectivity index (χ0) is 46.2. The summed E-state index contributed by atoms with van der Waals surface area (Å²) in [6.07, 6.45) is 3.09. The molecule has 0 aliphatic heterocycles. The predicted octanol–water partition coefficient (Wildman–Crippen LogP) is 17.8. The van der Waals surface area contributed by atoms with Crippen molar-refractivity contribution in [2.45, 2.75) is 72.6 Å². The number of aryl methyl sites for hydroxylation is 2. The minimum Gasteiger partial charge on any atom is -0.0622 e. The first-order valence-electron chi connectivity index (χ1n) is 23.1. The highest BCUT2D eigenvalue weighted by Crippen LogP contribution is 2.20. The molecule has 0 nitrogen and oxygen atoms in total. The van der Waals surface area contributed by atoms with E-state index in [0.717, 1.165) is 19.3 Å². The van der Waals surface area contributed by atoms with Gasteiger partial charge in [0.2, 0.25) is 0 Å². The molecule has 0 aliphatic rings. The number of hydrogen-bond acceptors (Lipinski definition) is 0. The first kappa shape index (κ1) is 50.6. The number of rotatable bonds is 8. The molecule has 9 aromatic carbocycles. The lowest BCUT2D eigenvalue weighted by Crippen LogP contribution is -1.91. The molecule has 0 radical (unpaired) electrons. The van der Waals surface area contributed by atoms with Gasteiger partial charge in [0.15, 0.2) is 0 Å². The van der Waals surface area contributed by atoms with Crippen molar-refractivity contribution in [3.63, 3.8) is 0 Å². The summed E-state index contributed by atoms with van der Waals surface area (Å²) in [7, 11) is 0. The van der Waals surface area contributed by atoms with Crippen molar-refractivity contribution in [1.29, 1.82) is 0 Å². The summed E-state index contributed by atoms with van der Waals surface area (Å²) >= 11 is 0. The average molecular weight is 851 g/mol. The lowest BCUT2D eigenvalue weighted by atomic mass is 9.96. The zero-order valence-corrected chi connectivity index (χ0v) is 39.7. The van der Waals surface area contributed by atoms with Crippen molar-refractivity contribution in [3.05, 3.63) is 323 Å². The summed E-state index contributed by atoms with van der Waals surface area (Å²) in [4.78, 5) is 0. The van der Waals surface area contributed by atoms with Crippen LogP contribution in [0.3, 0.4) is 0 Å². The molecule has 0 N–H and O–H groups in total. The molecular formula is C65H70. The van der Waals surface area contributed by atoms with Crippen LogP contribution in [-0.4, -0.2) is 0 Å². The standard InChI is InChI=1S/3C13H12.C12H18.2C7H8/c3*1-3-7-12(8-4-1)11-13-9-5-2-6-10-13;1-9(2)11-6-5-7-12(8-11)10(3)4;2*1-7-5-3-2-4-6-7/h3*1-10H,11H2;5-10H,1-4H3;2*2-6H,1H3. The SMILES string of the molecule is CC(C)c1cccc(C(C)C)c1.Cc1ccccc1.Cc1ccccc1.c1ccc(Cc2ccccc2)cc1.c1ccc(Cc2ccccc2)cc1.c1ccc(Cc2ccccc2)cc1. The molecule has 65 heavy (non-hydrogen) atoms. The van der Waals surface area contributed by atoms with Gasteiger partial charge in [0, 0.05) is 0 Å². The second kappa shape index (κ2) is 30.9. The van der Waals surface area contributed by atoms with Crippen LogP contribution in [0.4, 0.5) is 0 Å². The molecule has 0 fully saturated rings. The third kappa shape index (κ3) is 22.8. The van der Waals surface area contributed by atoms with Crippen LogP contribution in [0, 0.1) is 13.8 Å². The second-order valence-electron chi connectivity index (χ2n) is 16.7. The Labute approximate surface area is 393 Å². The van der Waals surface area contributed by atoms with Crippen LogP contribution >= 0.6 is 0 Å². The van der Waals surface area contributed by atoms with Crippen LogP contribution in [0.5, 0.6) is 0 Å². The molecule has 0 aromatic heterocycles. The zero-order valence-electron chi connectivity index (χ0n) is 39.7. The summed E-state index contributed by atoms with van der Waals surface area (Å²) in [5.74, 6) is 1.28. The maximum atomic E-state index is 2.31. The summed E-state index contributed by atoms with van der Waals surface area (Å²) in [6, 6.07) is 92.6. The molecule has 0 heteroatoms. The quantitative estimate of drug-likeness (QED) is 0.143. The van der Waals surface area contributed by atoms with Crippen LogP contribution in [0.15, 0.2) is 267 Å². The minimum absolute atomic E-state index is 0.642. The molecule has 0 aliphatic carbocycles. The van der Waals surface area contributed by atoms with Crippen molar-refractivity contribution in [1.82, 2.24) is 0 Å². The number of hydrogen-bond donors (Lipinski definition) is 0. The molecule has 0 heterocycles. The summed E-state index contributed by atoms with van der Waals surface area (Å²) in [6.45, 7) is 13.1. The van der Waals surface area contributed by atoms with E-state index in [-0.39, 0.29) is 0 Å². The van der Waals surface area contributed by atoms with Gasteiger partial charge in [0.05, 0.1) is 0 Å². The Hall–Kier alpha value is -7.02. The molecule has 0 amide bonds. The molecule has 0 atom stereocenters. The molecule has 0 unspecified atom stereocenters. The lowest BCUT2D eigenvalue weighted by Gasteiger charge is -2.09. The monoisotopic (exact) mass is 851 g/mol. The van der Waals surface area contributed by atoms with E-state index in [1.54, 1.807) is 0 Å². The molecule has 0 saturated carbocycles. The fraction of sp³-hybridized carbons (Fsp3) is 0.169. The third-order valence-electron chi connectivity index (χ3n) is 10.4. The van der Waals surface area contributed by atoms with E-state index in [4.69, 9.17) is 0 Å². The van der Waals surface area contributed by atoms with E-state index in [2.05, 4.69) is 272 Å². The van der Waals surface area contributed by atoms with Crippen molar-refractivity contribution < 1.29 is 0 Å². The highest BCUT2D eigenvalue weighted by molar-refractivity contribution is 5.29. The van der Waals surface area contributed by atoms with Crippen LogP contribution in [0.25, 0.3) is 0 Å². The molecule has 0 spiro atoms. The topological polar surface area (TPSA) is 0 Å². The highest BCUT2D eigenvalue weighted by atomic mass is 14.1. The molecule has 0 saturated heterocycles. The van der Waals surface area contributed by atoms with Gasteiger partial charge in [-0.3, -0.25) is 0 Å². The van der Waals surface area contributed by atoms with Crippen molar-refractivity contribution in [3.8, 4) is 0 Å². The summed E-state index contributed by atoms with van der Waals surface area (Å²) in [5, 5.41) is 0. The smallest absolute Gasteiger partial charge is 0.00258 e. The largest absolute Gasteiger partial charge is 0.0622 e. The van der Waals surface area contributed by atoms with E-state index in [9.17, 15) is 0 Å². The Kier molecular flexibility index (Phi) is 24.1. The second-order valence-corrected chi connectivity index (χ2v) is 16.7. The van der Waals surface area contributed by atoms with Gasteiger partial charge >= 0.3 is 0 Å². The van der Waals surface area contributed by atoms with E-state index < -0.39 is 0 Å². The van der Waals surface area contributed by atoms with Crippen molar-refractivity contribution in [2.24, 2.45) is 0 Å². The Balaban J connectivity index is 0.000000173. The van der Waals surface area contributed by atoms with E-state index in [0.29, 0.717) is 11.8 Å². The van der Waals surface area contributed by atoms with Crippen LogP contribution < -0.4 is 0 Å². The normalized spacial score (nSPS) is 9.85. The summed E-state index contributed by atoms with van der Waals surface area (Å²) < 4.78 is 0. The summed E-state index contributed by atoms with van der Waals surface area (Å²) in [5.41, 5.74) is 13.7. The van der Waals surface area contributed by atoms with Crippen molar-refractivity contribution in [2.75, 3.05) is 0 Å². The Morgan fingerprint density at radius 1 is 0.231 bits per heavy atom. The first-order chi connectivity index (χ1) is 31.7. The third-order valence-corrected chi connectivity index (χ3v) is 10.4. The predicted molar refractivity (Wildman–Crippen MR) is 284 cm³/mol. The Morgan fingerprint density at radius 2 is 0.415 bits per heavy atom. The fourth-order valence-corrected chi connectivity index (χ4v) is 6.63. The Bertz CT molecular complexity index is 2110. The van der Waals surface area contributed by atoms with Crippen molar-refractivity contribution >= 4 is 0 Å². The first-order valence-corrected chi connectivity index (χ1v) is 23.1. The van der Waals surface area contributed by atoms with Gasteiger partial charge in [-0.1, -0.05) is 306 Å². The highest BCUT2D eigenvalue weighted by Gasteiger charge is 2.02. The van der Waals surface area contributed by atoms with E-state index >= 15 is 0 Å². The van der Waals surface area contributed by atoms with Crippen LogP contribution in [-0.2, 0) is 19.3 Å². The van der Waals surface area contributed by atoms with Gasteiger partial charge in [-0.15, -0.1) is 0 Å². The van der Waals surface area contributed by atoms with Gasteiger partial charge in [-0.2, -0.15) is 0 Å². The van der Waals surface area contributed by atoms with E-state index in [1.165, 1.54) is 55.6 Å². The Morgan fingerprint density at radius 3 is 0.569 bits per heavy atom. The van der Waals surface area contributed by atoms with Gasteiger partial charge in [-0.25, -0.2) is 0 Å². The lowest BCUT2D eigenvalue weighted by molar-refractivity contribution is 0.834. The van der Waals surface area contributed by atoms with Gasteiger partial charge in [0.1, 0.15) is 0 Å². The van der Waals surface area contributed by atoms with Crippen LogP contribution in [0.1, 0.15) is 95.2 Å². The fourth-order valence-electron chi connectivity index (χ4n) is 6.63. The van der Waals surface area contributed by atoms with Crippen LogP contribution in [0.2, 0.25) is 0 Å². The minimum atomic E-state index is 0.642. The maximum absolute atomic E-state index is 2.31. The maximum Gasteiger partial charge on any atom is -0.00258 e. The molecular weight excluding hydrogens is 781 g/mol. The molecule has 9 aromatic rings. The average Bonchev–Trinajstić information content (AvgIpc) is 3.35. The van der Waals surface area contributed by atoms with Gasteiger partial charge < -0.3 is 0 Å².